The molecule has 0 aromatic rings. The second-order valence-electron chi connectivity index (χ2n) is 3.64. The highest BCUT2D eigenvalue weighted by Gasteiger charge is 2.33. The normalized spacial score (nSPS) is 20.8. The van der Waals surface area contributed by atoms with Gasteiger partial charge in [0, 0.05) is 18.9 Å². The molecule has 0 radical (unpaired) electrons. The van der Waals surface area contributed by atoms with Crippen LogP contribution in [-0.2, 0) is 9.59 Å². The summed E-state index contributed by atoms with van der Waals surface area (Å²) in [5.41, 5.74) is 0. The number of amides is 2. The first-order chi connectivity index (χ1) is 5.54. The molecule has 1 saturated heterocycles. The van der Waals surface area contributed by atoms with Crippen molar-refractivity contribution in [1.29, 1.82) is 0 Å². The average Bonchev–Trinajstić information content (AvgIpc) is 2.30. The van der Waals surface area contributed by atoms with Gasteiger partial charge < -0.3 is 0 Å². The van der Waals surface area contributed by atoms with E-state index in [0.29, 0.717) is 18.8 Å². The highest BCUT2D eigenvalue weighted by Crippen LogP contribution is 2.19. The Morgan fingerprint density at radius 3 is 1.83 bits per heavy atom. The number of likely N-dealkylation sites (tertiary alicyclic amines) is 1. The highest BCUT2D eigenvalue weighted by molar-refractivity contribution is 6.02. The molecule has 1 heterocycles. The molecular formula is C9H15NO2. The molecule has 0 aromatic heterocycles. The molecule has 0 aromatic carbocycles. The van der Waals surface area contributed by atoms with Crippen LogP contribution in [0, 0.1) is 5.92 Å². The minimum atomic E-state index is -0.0128. The lowest BCUT2D eigenvalue weighted by atomic mass is 10.1. The van der Waals surface area contributed by atoms with Gasteiger partial charge in [-0.3, -0.25) is 14.5 Å². The molecule has 1 aliphatic heterocycles. The summed E-state index contributed by atoms with van der Waals surface area (Å²) >= 11 is 0. The van der Waals surface area contributed by atoms with Crippen LogP contribution in [-0.4, -0.2) is 22.8 Å². The number of hydrogen-bond donors (Lipinski definition) is 0. The molecule has 0 saturated carbocycles. The Hall–Kier alpha value is -0.860. The fourth-order valence-corrected chi connectivity index (χ4v) is 1.35. The van der Waals surface area contributed by atoms with Gasteiger partial charge >= 0.3 is 0 Å². The van der Waals surface area contributed by atoms with Crippen molar-refractivity contribution in [2.45, 2.75) is 39.7 Å². The Labute approximate surface area is 72.7 Å². The lowest BCUT2D eigenvalue weighted by Crippen LogP contribution is -2.40. The topological polar surface area (TPSA) is 37.4 Å². The molecule has 68 valence electrons. The van der Waals surface area contributed by atoms with Gasteiger partial charge in [-0.25, -0.2) is 0 Å². The van der Waals surface area contributed by atoms with Gasteiger partial charge in [-0.05, 0) is 12.8 Å². The molecule has 1 unspecified atom stereocenters. The largest absolute Gasteiger partial charge is 0.280 e. The van der Waals surface area contributed by atoms with Gasteiger partial charge in [0.25, 0.3) is 0 Å². The second-order valence-corrected chi connectivity index (χ2v) is 3.64. The molecule has 3 heteroatoms. The number of imide groups is 1. The Kier molecular flexibility index (Phi) is 2.50. The minimum Gasteiger partial charge on any atom is -0.280 e. The first-order valence-corrected chi connectivity index (χ1v) is 4.39. The van der Waals surface area contributed by atoms with Crippen molar-refractivity contribution in [3.8, 4) is 0 Å². The summed E-state index contributed by atoms with van der Waals surface area (Å²) in [6.07, 6.45) is 0.797. The summed E-state index contributed by atoms with van der Waals surface area (Å²) in [6, 6.07) is 0.0486. The lowest BCUT2D eigenvalue weighted by molar-refractivity contribution is -0.141. The second kappa shape index (κ2) is 3.25. The minimum absolute atomic E-state index is 0.0128. The summed E-state index contributed by atoms with van der Waals surface area (Å²) < 4.78 is 0. The fraction of sp³-hybridized carbons (Fsp3) is 0.778. The van der Waals surface area contributed by atoms with Gasteiger partial charge in [-0.1, -0.05) is 13.8 Å². The van der Waals surface area contributed by atoms with Gasteiger partial charge in [0.05, 0.1) is 0 Å². The predicted octanol–water partition coefficient (Wildman–Crippen LogP) is 1.18. The average molecular weight is 169 g/mol. The molecule has 0 N–H and O–H groups in total. The van der Waals surface area contributed by atoms with Crippen LogP contribution in [0.3, 0.4) is 0 Å². The quantitative estimate of drug-likeness (QED) is 0.582. The van der Waals surface area contributed by atoms with Gasteiger partial charge in [0.15, 0.2) is 0 Å². The van der Waals surface area contributed by atoms with E-state index in [1.54, 1.807) is 0 Å². The number of hydrogen-bond acceptors (Lipinski definition) is 2. The van der Waals surface area contributed by atoms with E-state index in [0.717, 1.165) is 0 Å². The Morgan fingerprint density at radius 1 is 1.08 bits per heavy atom. The maximum Gasteiger partial charge on any atom is 0.229 e. The molecule has 1 aliphatic rings. The van der Waals surface area contributed by atoms with Gasteiger partial charge in [0.1, 0.15) is 0 Å². The molecule has 2 amide bonds. The van der Waals surface area contributed by atoms with E-state index in [2.05, 4.69) is 0 Å². The summed E-state index contributed by atoms with van der Waals surface area (Å²) in [5.74, 6) is 0.318. The van der Waals surface area contributed by atoms with Crippen molar-refractivity contribution >= 4 is 11.8 Å². The Balaban J connectivity index is 2.72. The van der Waals surface area contributed by atoms with Crippen molar-refractivity contribution in [2.24, 2.45) is 5.92 Å². The maximum atomic E-state index is 11.2. The van der Waals surface area contributed by atoms with Crippen LogP contribution < -0.4 is 0 Å². The molecule has 12 heavy (non-hydrogen) atoms. The first kappa shape index (κ1) is 9.23. The molecular weight excluding hydrogens is 154 g/mol. The summed E-state index contributed by atoms with van der Waals surface area (Å²) in [7, 11) is 0. The van der Waals surface area contributed by atoms with Crippen molar-refractivity contribution in [2.75, 3.05) is 0 Å². The SMILES string of the molecule is CC(C)C(C)N1C(=O)CCC1=O. The fourth-order valence-electron chi connectivity index (χ4n) is 1.35. The van der Waals surface area contributed by atoms with E-state index in [4.69, 9.17) is 0 Å². The zero-order valence-electron chi connectivity index (χ0n) is 7.83. The van der Waals surface area contributed by atoms with Crippen molar-refractivity contribution in [3.63, 3.8) is 0 Å². The monoisotopic (exact) mass is 169 g/mol. The lowest BCUT2D eigenvalue weighted by Gasteiger charge is -2.25. The summed E-state index contributed by atoms with van der Waals surface area (Å²) in [4.78, 5) is 23.9. The molecule has 3 nitrogen and oxygen atoms in total. The predicted molar refractivity (Wildman–Crippen MR) is 45.4 cm³/mol. The van der Waals surface area contributed by atoms with E-state index in [9.17, 15) is 9.59 Å². The Bertz CT molecular complexity index is 195. The third-order valence-electron chi connectivity index (χ3n) is 2.46. The van der Waals surface area contributed by atoms with Crippen LogP contribution in [0.2, 0.25) is 0 Å². The standard InChI is InChI=1S/C9H15NO2/c1-6(2)7(3)10-8(11)4-5-9(10)12/h6-7H,4-5H2,1-3H3. The number of carbonyl (C=O) groups excluding carboxylic acids is 2. The van der Waals surface area contributed by atoms with E-state index < -0.39 is 0 Å². The smallest absolute Gasteiger partial charge is 0.229 e. The van der Waals surface area contributed by atoms with Crippen LogP contribution in [0.4, 0.5) is 0 Å². The molecule has 0 aliphatic carbocycles. The van der Waals surface area contributed by atoms with E-state index in [1.165, 1.54) is 4.90 Å². The molecule has 0 spiro atoms. The van der Waals surface area contributed by atoms with Crippen LogP contribution >= 0.6 is 0 Å². The summed E-state index contributed by atoms with van der Waals surface area (Å²) in [6.45, 7) is 5.96. The van der Waals surface area contributed by atoms with Crippen molar-refractivity contribution < 1.29 is 9.59 Å². The zero-order chi connectivity index (χ0) is 9.30. The molecule has 1 rings (SSSR count). The number of carbonyl (C=O) groups is 2. The van der Waals surface area contributed by atoms with Crippen LogP contribution in [0.5, 0.6) is 0 Å². The number of nitrogens with zero attached hydrogens (tertiary/aromatic N) is 1. The zero-order valence-corrected chi connectivity index (χ0v) is 7.83. The van der Waals surface area contributed by atoms with Crippen LogP contribution in [0.25, 0.3) is 0 Å². The third kappa shape index (κ3) is 1.49. The van der Waals surface area contributed by atoms with Gasteiger partial charge in [-0.15, -0.1) is 0 Å². The first-order valence-electron chi connectivity index (χ1n) is 4.39. The van der Waals surface area contributed by atoms with Gasteiger partial charge in [-0.2, -0.15) is 0 Å². The molecule has 1 fully saturated rings. The maximum absolute atomic E-state index is 11.2. The van der Waals surface area contributed by atoms with E-state index in [-0.39, 0.29) is 17.9 Å². The van der Waals surface area contributed by atoms with E-state index in [1.807, 2.05) is 20.8 Å². The van der Waals surface area contributed by atoms with Crippen molar-refractivity contribution in [3.05, 3.63) is 0 Å². The highest BCUT2D eigenvalue weighted by atomic mass is 16.2. The number of rotatable bonds is 2. The van der Waals surface area contributed by atoms with Crippen LogP contribution in [0.1, 0.15) is 33.6 Å². The van der Waals surface area contributed by atoms with E-state index >= 15 is 0 Å². The Morgan fingerprint density at radius 2 is 1.50 bits per heavy atom. The van der Waals surface area contributed by atoms with Gasteiger partial charge in [0.2, 0.25) is 11.8 Å². The van der Waals surface area contributed by atoms with Crippen LogP contribution in [0.15, 0.2) is 0 Å². The third-order valence-corrected chi connectivity index (χ3v) is 2.46. The van der Waals surface area contributed by atoms with Crippen molar-refractivity contribution in [1.82, 2.24) is 4.90 Å². The molecule has 0 bridgehead atoms. The summed E-state index contributed by atoms with van der Waals surface area (Å²) in [5, 5.41) is 0. The molecule has 1 atom stereocenters.